The molecule has 1 fully saturated rings. The molecule has 3 amide bonds. The smallest absolute Gasteiger partial charge is 0.325 e. The second-order valence-electron chi connectivity index (χ2n) is 4.97. The molecule has 2 rings (SSSR count). The predicted molar refractivity (Wildman–Crippen MR) is 84.0 cm³/mol. The fraction of sp³-hybridized carbons (Fsp3) is 0.467. The number of aliphatic hydroxyl groups excluding tert-OH is 1. The van der Waals surface area contributed by atoms with Crippen molar-refractivity contribution in [3.8, 4) is 11.5 Å². The Morgan fingerprint density at radius 2 is 2.00 bits per heavy atom. The minimum Gasteiger partial charge on any atom is -0.493 e. The number of rotatable bonds is 7. The Balaban J connectivity index is 2.05. The van der Waals surface area contributed by atoms with Gasteiger partial charge >= 0.3 is 6.03 Å². The van der Waals surface area contributed by atoms with Crippen LogP contribution in [0.5, 0.6) is 11.5 Å². The number of urea groups is 1. The third-order valence-corrected chi connectivity index (χ3v) is 3.54. The summed E-state index contributed by atoms with van der Waals surface area (Å²) in [6.07, 6.45) is 0. The Bertz CT molecular complexity index is 578. The molecule has 0 aliphatic carbocycles. The number of nitrogens with zero attached hydrogens (tertiary/aromatic N) is 2. The molecule has 0 spiro atoms. The molecule has 126 valence electrons. The fourth-order valence-electron chi connectivity index (χ4n) is 2.39. The number of ether oxygens (including phenoxy) is 2. The molecule has 1 aromatic carbocycles. The molecule has 1 aliphatic heterocycles. The summed E-state index contributed by atoms with van der Waals surface area (Å²) >= 11 is 0. The van der Waals surface area contributed by atoms with E-state index >= 15 is 0 Å². The molecule has 1 aliphatic rings. The lowest BCUT2D eigenvalue weighted by molar-refractivity contribution is -0.121. The molecule has 1 aromatic rings. The van der Waals surface area contributed by atoms with Crippen molar-refractivity contribution in [1.29, 1.82) is 0 Å². The van der Waals surface area contributed by atoms with Gasteiger partial charge in [0.05, 0.1) is 20.8 Å². The largest absolute Gasteiger partial charge is 0.493 e. The topological polar surface area (TPSA) is 91.3 Å². The Morgan fingerprint density at radius 3 is 2.65 bits per heavy atom. The number of amides is 3. The first-order valence-electron chi connectivity index (χ1n) is 7.26. The van der Waals surface area contributed by atoms with Crippen LogP contribution in [0.3, 0.4) is 0 Å². The highest BCUT2D eigenvalue weighted by Gasteiger charge is 2.31. The van der Waals surface area contributed by atoms with Crippen molar-refractivity contribution in [2.75, 3.05) is 51.9 Å². The van der Waals surface area contributed by atoms with E-state index in [9.17, 15) is 9.59 Å². The number of benzene rings is 1. The van der Waals surface area contributed by atoms with Crippen molar-refractivity contribution in [2.24, 2.45) is 0 Å². The van der Waals surface area contributed by atoms with Crippen LogP contribution >= 0.6 is 0 Å². The number of carbonyl (C=O) groups is 2. The second kappa shape index (κ2) is 7.68. The molecule has 1 saturated heterocycles. The molecule has 0 bridgehead atoms. The number of nitrogens with one attached hydrogen (secondary N) is 1. The van der Waals surface area contributed by atoms with E-state index in [1.807, 2.05) is 0 Å². The molecule has 8 heteroatoms. The maximum Gasteiger partial charge on any atom is 0.325 e. The molecule has 8 nitrogen and oxygen atoms in total. The first-order valence-corrected chi connectivity index (χ1v) is 7.26. The van der Waals surface area contributed by atoms with Crippen molar-refractivity contribution >= 4 is 17.6 Å². The van der Waals surface area contributed by atoms with E-state index in [0.717, 1.165) is 0 Å². The fourth-order valence-corrected chi connectivity index (χ4v) is 2.39. The average molecular weight is 323 g/mol. The van der Waals surface area contributed by atoms with Gasteiger partial charge in [-0.1, -0.05) is 0 Å². The van der Waals surface area contributed by atoms with E-state index in [1.54, 1.807) is 30.2 Å². The normalized spacial score (nSPS) is 14.1. The summed E-state index contributed by atoms with van der Waals surface area (Å²) in [5, 5.41) is 11.2. The van der Waals surface area contributed by atoms with Gasteiger partial charge < -0.3 is 24.8 Å². The van der Waals surface area contributed by atoms with Gasteiger partial charge in [-0.2, -0.15) is 0 Å². The highest BCUT2D eigenvalue weighted by molar-refractivity contribution is 5.96. The van der Waals surface area contributed by atoms with Gasteiger partial charge in [0.2, 0.25) is 5.91 Å². The van der Waals surface area contributed by atoms with Crippen molar-refractivity contribution in [3.63, 3.8) is 0 Å². The van der Waals surface area contributed by atoms with Crippen LogP contribution in [-0.4, -0.2) is 69.0 Å². The Morgan fingerprint density at radius 1 is 1.26 bits per heavy atom. The van der Waals surface area contributed by atoms with Gasteiger partial charge in [0.15, 0.2) is 11.5 Å². The maximum absolute atomic E-state index is 12.4. The van der Waals surface area contributed by atoms with Crippen molar-refractivity contribution in [1.82, 2.24) is 10.2 Å². The maximum atomic E-state index is 12.4. The molecule has 0 radical (unpaired) electrons. The third kappa shape index (κ3) is 3.84. The van der Waals surface area contributed by atoms with Crippen LogP contribution in [0, 0.1) is 0 Å². The van der Waals surface area contributed by atoms with Gasteiger partial charge in [-0.3, -0.25) is 9.69 Å². The third-order valence-electron chi connectivity index (χ3n) is 3.54. The summed E-state index contributed by atoms with van der Waals surface area (Å²) < 4.78 is 10.4. The van der Waals surface area contributed by atoms with Gasteiger partial charge in [-0.25, -0.2) is 4.79 Å². The van der Waals surface area contributed by atoms with E-state index in [-0.39, 0.29) is 31.6 Å². The van der Waals surface area contributed by atoms with Crippen LogP contribution in [0.15, 0.2) is 18.2 Å². The molecular formula is C15H21N3O5. The molecule has 0 unspecified atom stereocenters. The van der Waals surface area contributed by atoms with Crippen LogP contribution in [0.4, 0.5) is 10.5 Å². The highest BCUT2D eigenvalue weighted by Crippen LogP contribution is 2.32. The van der Waals surface area contributed by atoms with E-state index < -0.39 is 0 Å². The first kappa shape index (κ1) is 16.9. The van der Waals surface area contributed by atoms with E-state index in [2.05, 4.69) is 5.32 Å². The van der Waals surface area contributed by atoms with Crippen LogP contribution in [0.1, 0.15) is 0 Å². The quantitative estimate of drug-likeness (QED) is 0.740. The van der Waals surface area contributed by atoms with Crippen molar-refractivity contribution in [3.05, 3.63) is 18.2 Å². The van der Waals surface area contributed by atoms with Crippen LogP contribution in [0.2, 0.25) is 0 Å². The number of hydrogen-bond acceptors (Lipinski definition) is 5. The van der Waals surface area contributed by atoms with E-state index in [4.69, 9.17) is 14.6 Å². The molecule has 1 heterocycles. The van der Waals surface area contributed by atoms with Gasteiger partial charge in [0.25, 0.3) is 0 Å². The molecule has 23 heavy (non-hydrogen) atoms. The summed E-state index contributed by atoms with van der Waals surface area (Å²) in [4.78, 5) is 27.1. The predicted octanol–water partition coefficient (Wildman–Crippen LogP) is 0.0543. The van der Waals surface area contributed by atoms with Crippen LogP contribution in [0.25, 0.3) is 0 Å². The molecule has 0 aromatic heterocycles. The zero-order chi connectivity index (χ0) is 16.8. The lowest BCUT2D eigenvalue weighted by Crippen LogP contribution is -2.40. The number of aliphatic hydroxyl groups is 1. The number of hydrogen-bond donors (Lipinski definition) is 2. The minimum absolute atomic E-state index is 0.0252. The summed E-state index contributed by atoms with van der Waals surface area (Å²) in [6.45, 7) is 0.974. The van der Waals surface area contributed by atoms with Crippen molar-refractivity contribution in [2.45, 2.75) is 0 Å². The number of anilines is 1. The summed E-state index contributed by atoms with van der Waals surface area (Å²) in [6, 6.07) is 5.00. The minimum atomic E-state index is -0.290. The molecule has 0 atom stereocenters. The number of carbonyl (C=O) groups excluding carboxylic acids is 2. The molecule has 0 saturated carbocycles. The number of methoxy groups -OCH3 is 2. The summed E-state index contributed by atoms with van der Waals surface area (Å²) in [5.74, 6) is 0.835. The Kier molecular flexibility index (Phi) is 5.64. The lowest BCUT2D eigenvalue weighted by atomic mass is 10.2. The van der Waals surface area contributed by atoms with Gasteiger partial charge in [-0.05, 0) is 12.1 Å². The van der Waals surface area contributed by atoms with E-state index in [0.29, 0.717) is 30.3 Å². The first-order chi connectivity index (χ1) is 11.1. The second-order valence-corrected chi connectivity index (χ2v) is 4.97. The Labute approximate surface area is 134 Å². The average Bonchev–Trinajstić information content (AvgIpc) is 2.93. The zero-order valence-electron chi connectivity index (χ0n) is 13.2. The van der Waals surface area contributed by atoms with Gasteiger partial charge in [0.1, 0.15) is 6.54 Å². The van der Waals surface area contributed by atoms with E-state index in [1.165, 1.54) is 12.0 Å². The Hall–Kier alpha value is -2.48. The zero-order valence-corrected chi connectivity index (χ0v) is 13.2. The summed E-state index contributed by atoms with van der Waals surface area (Å²) in [5.41, 5.74) is 0.686. The van der Waals surface area contributed by atoms with Gasteiger partial charge in [0, 0.05) is 31.4 Å². The van der Waals surface area contributed by atoms with Gasteiger partial charge in [-0.15, -0.1) is 0 Å². The SMILES string of the molecule is COc1ccc(N2CCN(CC(=O)NCCO)C2=O)cc1OC. The summed E-state index contributed by atoms with van der Waals surface area (Å²) in [7, 11) is 3.08. The lowest BCUT2D eigenvalue weighted by Gasteiger charge is -2.19. The van der Waals surface area contributed by atoms with Crippen LogP contribution < -0.4 is 19.7 Å². The van der Waals surface area contributed by atoms with Crippen molar-refractivity contribution < 1.29 is 24.2 Å². The highest BCUT2D eigenvalue weighted by atomic mass is 16.5. The molecule has 2 N–H and O–H groups in total. The standard InChI is InChI=1S/C15H21N3O5/c1-22-12-4-3-11(9-13(12)23-2)18-7-6-17(15(18)21)10-14(20)16-5-8-19/h3-4,9,19H,5-8,10H2,1-2H3,(H,16,20). The van der Waals surface area contributed by atoms with Crippen LogP contribution in [-0.2, 0) is 4.79 Å². The molecular weight excluding hydrogens is 302 g/mol. The monoisotopic (exact) mass is 323 g/mol.